The Morgan fingerprint density at radius 3 is 2.80 bits per heavy atom. The van der Waals surface area contributed by atoms with Gasteiger partial charge in [-0.2, -0.15) is 4.98 Å². The number of anilines is 2. The highest BCUT2D eigenvalue weighted by molar-refractivity contribution is 5.91. The number of benzene rings is 1. The van der Waals surface area contributed by atoms with Crippen LogP contribution in [-0.4, -0.2) is 78.0 Å². The summed E-state index contributed by atoms with van der Waals surface area (Å²) in [4.78, 5) is 37.1. The Morgan fingerprint density at radius 2 is 2.09 bits per heavy atom. The number of nitrogens with one attached hydrogen (secondary N) is 2. The zero-order valence-electron chi connectivity index (χ0n) is 20.9. The van der Waals surface area contributed by atoms with Crippen LogP contribution in [0.2, 0.25) is 0 Å². The maximum Gasteiger partial charge on any atom is 0.246 e. The van der Waals surface area contributed by atoms with Crippen LogP contribution < -0.4 is 15.4 Å². The largest absolute Gasteiger partial charge is 0.477 e. The summed E-state index contributed by atoms with van der Waals surface area (Å²) in [6.07, 6.45) is 7.74. The summed E-state index contributed by atoms with van der Waals surface area (Å²) in [5.41, 5.74) is 2.78. The minimum absolute atomic E-state index is 0.0308. The standard InChI is InChI=1S/C26H36N6O3/c1-4-22-26(35-5-2)30-23(18-28-22)29-21-10-6-9-20(17-21)12-13-27-24(33)19-31(3)25(34)11-7-14-32-15-8-16-32/h6-7,9-11,17-18H,4-5,8,12-16,19H2,1-3H3,(H,27,33)(H,29,30)/b11-7+. The average Bonchev–Trinajstić information content (AvgIpc) is 2.81. The molecular weight excluding hydrogens is 444 g/mol. The van der Waals surface area contributed by atoms with Crippen LogP contribution >= 0.6 is 0 Å². The van der Waals surface area contributed by atoms with Gasteiger partial charge in [0.25, 0.3) is 0 Å². The summed E-state index contributed by atoms with van der Waals surface area (Å²) < 4.78 is 5.60. The van der Waals surface area contributed by atoms with E-state index in [2.05, 4.69) is 25.5 Å². The molecule has 1 saturated heterocycles. The molecule has 1 aromatic heterocycles. The molecule has 2 amide bonds. The number of carbonyl (C=O) groups is 2. The molecule has 0 spiro atoms. The van der Waals surface area contributed by atoms with Gasteiger partial charge in [0, 0.05) is 31.9 Å². The van der Waals surface area contributed by atoms with E-state index in [0.717, 1.165) is 43.0 Å². The van der Waals surface area contributed by atoms with Gasteiger partial charge in [0.05, 0.1) is 19.3 Å². The molecule has 1 aromatic carbocycles. The van der Waals surface area contributed by atoms with E-state index in [-0.39, 0.29) is 18.4 Å². The molecule has 3 rings (SSSR count). The molecule has 0 radical (unpaired) electrons. The fourth-order valence-electron chi connectivity index (χ4n) is 3.59. The average molecular weight is 481 g/mol. The highest BCUT2D eigenvalue weighted by Gasteiger charge is 2.13. The maximum atomic E-state index is 12.3. The number of hydrogen-bond donors (Lipinski definition) is 2. The van der Waals surface area contributed by atoms with Crippen molar-refractivity contribution in [1.29, 1.82) is 0 Å². The third-order valence-electron chi connectivity index (χ3n) is 5.69. The minimum atomic E-state index is -0.180. The predicted molar refractivity (Wildman–Crippen MR) is 137 cm³/mol. The van der Waals surface area contributed by atoms with Gasteiger partial charge < -0.3 is 20.3 Å². The molecule has 0 atom stereocenters. The molecule has 0 bridgehead atoms. The van der Waals surface area contributed by atoms with Crippen molar-refractivity contribution in [2.24, 2.45) is 0 Å². The third-order valence-corrected chi connectivity index (χ3v) is 5.69. The Hall–Kier alpha value is -3.46. The lowest BCUT2D eigenvalue weighted by atomic mass is 10.1. The molecule has 1 fully saturated rings. The second kappa shape index (κ2) is 13.4. The first-order valence-corrected chi connectivity index (χ1v) is 12.2. The smallest absolute Gasteiger partial charge is 0.246 e. The zero-order chi connectivity index (χ0) is 25.0. The van der Waals surface area contributed by atoms with Crippen LogP contribution in [0.5, 0.6) is 5.88 Å². The van der Waals surface area contributed by atoms with Gasteiger partial charge in [-0.1, -0.05) is 25.1 Å². The van der Waals surface area contributed by atoms with Gasteiger partial charge in [-0.3, -0.25) is 19.5 Å². The molecule has 2 N–H and O–H groups in total. The van der Waals surface area contributed by atoms with Crippen LogP contribution in [0.4, 0.5) is 11.5 Å². The molecule has 9 heteroatoms. The number of nitrogens with zero attached hydrogens (tertiary/aromatic N) is 4. The predicted octanol–water partition coefficient (Wildman–Crippen LogP) is 2.56. The highest BCUT2D eigenvalue weighted by atomic mass is 16.5. The molecule has 1 aliphatic heterocycles. The van der Waals surface area contributed by atoms with E-state index in [4.69, 9.17) is 4.74 Å². The number of likely N-dealkylation sites (tertiary alicyclic amines) is 1. The number of ether oxygens (including phenoxy) is 1. The molecular formula is C26H36N6O3. The van der Waals surface area contributed by atoms with Crippen LogP contribution in [0.3, 0.4) is 0 Å². The first-order valence-electron chi connectivity index (χ1n) is 12.2. The Labute approximate surface area is 207 Å². The van der Waals surface area contributed by atoms with E-state index in [1.807, 2.05) is 44.2 Å². The molecule has 188 valence electrons. The number of amides is 2. The summed E-state index contributed by atoms with van der Waals surface area (Å²) >= 11 is 0. The number of aromatic nitrogens is 2. The van der Waals surface area contributed by atoms with Crippen molar-refractivity contribution in [3.63, 3.8) is 0 Å². The summed E-state index contributed by atoms with van der Waals surface area (Å²) in [5, 5.41) is 6.16. The van der Waals surface area contributed by atoms with E-state index in [9.17, 15) is 9.59 Å². The van der Waals surface area contributed by atoms with Crippen LogP contribution in [0.25, 0.3) is 0 Å². The van der Waals surface area contributed by atoms with Crippen molar-refractivity contribution in [2.45, 2.75) is 33.1 Å². The van der Waals surface area contributed by atoms with E-state index >= 15 is 0 Å². The molecule has 35 heavy (non-hydrogen) atoms. The lowest BCUT2D eigenvalue weighted by Crippen LogP contribution is -2.39. The van der Waals surface area contributed by atoms with Gasteiger partial charge in [-0.15, -0.1) is 0 Å². The van der Waals surface area contributed by atoms with Crippen molar-refractivity contribution in [2.75, 3.05) is 51.7 Å². The molecule has 0 aliphatic carbocycles. The third kappa shape index (κ3) is 8.36. The summed E-state index contributed by atoms with van der Waals surface area (Å²) in [6.45, 7) is 7.94. The molecule has 1 aliphatic rings. The summed E-state index contributed by atoms with van der Waals surface area (Å²) in [5.74, 6) is 0.819. The number of carbonyl (C=O) groups excluding carboxylic acids is 2. The lowest BCUT2D eigenvalue weighted by molar-refractivity contribution is -0.131. The van der Waals surface area contributed by atoms with Gasteiger partial charge in [-0.05, 0) is 57.0 Å². The van der Waals surface area contributed by atoms with E-state index in [1.54, 1.807) is 19.3 Å². The Bertz CT molecular complexity index is 1020. The minimum Gasteiger partial charge on any atom is -0.477 e. The van der Waals surface area contributed by atoms with Gasteiger partial charge in [0.15, 0.2) is 5.82 Å². The van der Waals surface area contributed by atoms with Gasteiger partial charge in [0.1, 0.15) is 5.69 Å². The Balaban J connectivity index is 1.43. The van der Waals surface area contributed by atoms with Crippen molar-refractivity contribution in [3.05, 3.63) is 53.9 Å². The Kier molecular flexibility index (Phi) is 10.0. The van der Waals surface area contributed by atoms with Crippen LogP contribution in [0.1, 0.15) is 31.5 Å². The second-order valence-corrected chi connectivity index (χ2v) is 8.47. The van der Waals surface area contributed by atoms with Gasteiger partial charge in [0.2, 0.25) is 17.7 Å². The van der Waals surface area contributed by atoms with Crippen LogP contribution in [0, 0.1) is 0 Å². The normalized spacial score (nSPS) is 13.3. The van der Waals surface area contributed by atoms with Crippen molar-refractivity contribution in [3.8, 4) is 5.88 Å². The van der Waals surface area contributed by atoms with Crippen molar-refractivity contribution < 1.29 is 14.3 Å². The Morgan fingerprint density at radius 1 is 1.26 bits per heavy atom. The van der Waals surface area contributed by atoms with Gasteiger partial charge >= 0.3 is 0 Å². The lowest BCUT2D eigenvalue weighted by Gasteiger charge is -2.29. The number of hydrogen-bond acceptors (Lipinski definition) is 7. The quantitative estimate of drug-likeness (QED) is 0.425. The van der Waals surface area contributed by atoms with E-state index in [1.165, 1.54) is 11.3 Å². The molecule has 0 saturated carbocycles. The topological polar surface area (TPSA) is 99.7 Å². The number of rotatable bonds is 13. The zero-order valence-corrected chi connectivity index (χ0v) is 20.9. The monoisotopic (exact) mass is 480 g/mol. The van der Waals surface area contributed by atoms with Crippen molar-refractivity contribution in [1.82, 2.24) is 25.1 Å². The fraction of sp³-hybridized carbons (Fsp3) is 0.462. The number of aryl methyl sites for hydroxylation is 1. The number of likely N-dealkylation sites (N-methyl/N-ethyl adjacent to an activating group) is 1. The highest BCUT2D eigenvalue weighted by Crippen LogP contribution is 2.20. The first kappa shape index (κ1) is 26.2. The molecule has 2 heterocycles. The van der Waals surface area contributed by atoms with E-state index < -0.39 is 0 Å². The second-order valence-electron chi connectivity index (χ2n) is 8.47. The molecule has 9 nitrogen and oxygen atoms in total. The van der Waals surface area contributed by atoms with Crippen molar-refractivity contribution >= 4 is 23.3 Å². The molecule has 2 aromatic rings. The molecule has 0 unspecified atom stereocenters. The van der Waals surface area contributed by atoms with Crippen LogP contribution in [-0.2, 0) is 22.4 Å². The summed E-state index contributed by atoms with van der Waals surface area (Å²) in [6, 6.07) is 7.93. The SMILES string of the molecule is CCOc1nc(Nc2cccc(CCNC(=O)CN(C)C(=O)/C=C/CN3CCC3)c2)cnc1CC. The van der Waals surface area contributed by atoms with E-state index in [0.29, 0.717) is 31.3 Å². The van der Waals surface area contributed by atoms with Gasteiger partial charge in [-0.25, -0.2) is 0 Å². The van der Waals surface area contributed by atoms with Crippen LogP contribution in [0.15, 0.2) is 42.6 Å². The maximum absolute atomic E-state index is 12.3. The first-order chi connectivity index (χ1) is 17.0. The fourth-order valence-corrected chi connectivity index (χ4v) is 3.59. The summed E-state index contributed by atoms with van der Waals surface area (Å²) in [7, 11) is 1.64.